The molecule has 1 aliphatic carbocycles. The summed E-state index contributed by atoms with van der Waals surface area (Å²) in [4.78, 5) is 13.7. The molecule has 17 heavy (non-hydrogen) atoms. The number of alkyl halides is 1. The lowest BCUT2D eigenvalue weighted by Gasteiger charge is -2.40. The fourth-order valence-corrected chi connectivity index (χ4v) is 2.40. The second-order valence-corrected chi connectivity index (χ2v) is 5.36. The van der Waals surface area contributed by atoms with Crippen LogP contribution in [0, 0.1) is 0 Å². The van der Waals surface area contributed by atoms with Crippen molar-refractivity contribution in [3.63, 3.8) is 0 Å². The minimum atomic E-state index is -0.214. The SMILES string of the molecule is COCC(Cl)CN(C)C(=O)CC1(OC)CCC1. The molecule has 0 N–H and O–H groups in total. The van der Waals surface area contributed by atoms with Crippen LogP contribution >= 0.6 is 11.6 Å². The number of halogens is 1. The molecule has 5 heteroatoms. The third kappa shape index (κ3) is 4.12. The summed E-state index contributed by atoms with van der Waals surface area (Å²) in [7, 11) is 5.06. The lowest BCUT2D eigenvalue weighted by Crippen LogP contribution is -2.45. The highest BCUT2D eigenvalue weighted by Crippen LogP contribution is 2.38. The Labute approximate surface area is 108 Å². The van der Waals surface area contributed by atoms with E-state index in [0.717, 1.165) is 19.3 Å². The van der Waals surface area contributed by atoms with Gasteiger partial charge < -0.3 is 14.4 Å². The van der Waals surface area contributed by atoms with Crippen molar-refractivity contribution < 1.29 is 14.3 Å². The summed E-state index contributed by atoms with van der Waals surface area (Å²) in [6.45, 7) is 0.961. The summed E-state index contributed by atoms with van der Waals surface area (Å²) in [5.74, 6) is 0.0910. The third-order valence-electron chi connectivity index (χ3n) is 3.42. The molecular formula is C12H22ClNO3. The first kappa shape index (κ1) is 14.7. The van der Waals surface area contributed by atoms with Gasteiger partial charge in [-0.05, 0) is 19.3 Å². The third-order valence-corrected chi connectivity index (χ3v) is 3.68. The van der Waals surface area contributed by atoms with E-state index in [4.69, 9.17) is 21.1 Å². The average molecular weight is 264 g/mol. The summed E-state index contributed by atoms with van der Waals surface area (Å²) in [5.41, 5.74) is -0.214. The Hall–Kier alpha value is -0.320. The number of hydrogen-bond acceptors (Lipinski definition) is 3. The maximum Gasteiger partial charge on any atom is 0.225 e. The van der Waals surface area contributed by atoms with Gasteiger partial charge in [-0.2, -0.15) is 0 Å². The second-order valence-electron chi connectivity index (χ2n) is 4.74. The summed E-state index contributed by atoms with van der Waals surface area (Å²) >= 11 is 6.02. The largest absolute Gasteiger partial charge is 0.383 e. The van der Waals surface area contributed by atoms with Crippen LogP contribution in [0.4, 0.5) is 0 Å². The molecule has 0 heterocycles. The molecule has 0 saturated heterocycles. The first-order valence-corrected chi connectivity index (χ1v) is 6.39. The number of carbonyl (C=O) groups is 1. The van der Waals surface area contributed by atoms with Crippen molar-refractivity contribution >= 4 is 17.5 Å². The van der Waals surface area contributed by atoms with Gasteiger partial charge in [0.25, 0.3) is 0 Å². The lowest BCUT2D eigenvalue weighted by atomic mass is 9.77. The van der Waals surface area contributed by atoms with Crippen LogP contribution in [-0.2, 0) is 14.3 Å². The zero-order valence-corrected chi connectivity index (χ0v) is 11.6. The van der Waals surface area contributed by atoms with Gasteiger partial charge in [0.1, 0.15) is 0 Å². The van der Waals surface area contributed by atoms with Crippen molar-refractivity contribution in [2.75, 3.05) is 34.4 Å². The Balaban J connectivity index is 2.36. The number of rotatable bonds is 7. The molecule has 0 bridgehead atoms. The van der Waals surface area contributed by atoms with Gasteiger partial charge in [0, 0.05) is 27.8 Å². The molecule has 0 aromatic heterocycles. The Kier molecular flexibility index (Phi) is 5.70. The predicted octanol–water partition coefficient (Wildman–Crippen LogP) is 1.66. The van der Waals surface area contributed by atoms with E-state index in [1.807, 2.05) is 0 Å². The molecule has 1 rings (SSSR count). The van der Waals surface area contributed by atoms with Crippen LogP contribution in [0.15, 0.2) is 0 Å². The van der Waals surface area contributed by atoms with E-state index in [1.165, 1.54) is 0 Å². The summed E-state index contributed by atoms with van der Waals surface area (Å²) in [6, 6.07) is 0. The molecule has 1 amide bonds. The molecule has 0 aromatic rings. The number of carbonyl (C=O) groups excluding carboxylic acids is 1. The minimum absolute atomic E-state index is 0.0910. The molecule has 0 aliphatic heterocycles. The quantitative estimate of drug-likeness (QED) is 0.656. The fraction of sp³-hybridized carbons (Fsp3) is 0.917. The van der Waals surface area contributed by atoms with Crippen LogP contribution in [0.25, 0.3) is 0 Å². The molecule has 1 unspecified atom stereocenters. The van der Waals surface area contributed by atoms with Crippen LogP contribution in [0.1, 0.15) is 25.7 Å². The first-order chi connectivity index (χ1) is 8.03. The number of hydrogen-bond donors (Lipinski definition) is 0. The predicted molar refractivity (Wildman–Crippen MR) is 67.4 cm³/mol. The Morgan fingerprint density at radius 1 is 1.47 bits per heavy atom. The molecule has 100 valence electrons. The van der Waals surface area contributed by atoms with Crippen molar-refractivity contribution in [3.05, 3.63) is 0 Å². The molecule has 0 aromatic carbocycles. The topological polar surface area (TPSA) is 38.8 Å². The molecule has 0 radical (unpaired) electrons. The van der Waals surface area contributed by atoms with E-state index in [2.05, 4.69) is 0 Å². The van der Waals surface area contributed by atoms with Crippen LogP contribution < -0.4 is 0 Å². The summed E-state index contributed by atoms with van der Waals surface area (Å²) in [5, 5.41) is -0.158. The first-order valence-electron chi connectivity index (χ1n) is 5.95. The van der Waals surface area contributed by atoms with Crippen LogP contribution in [-0.4, -0.2) is 56.2 Å². The van der Waals surface area contributed by atoms with Crippen molar-refractivity contribution in [1.82, 2.24) is 4.90 Å². The highest BCUT2D eigenvalue weighted by molar-refractivity contribution is 6.21. The van der Waals surface area contributed by atoms with Gasteiger partial charge in [-0.15, -0.1) is 11.6 Å². The van der Waals surface area contributed by atoms with Crippen molar-refractivity contribution in [2.24, 2.45) is 0 Å². The van der Waals surface area contributed by atoms with Gasteiger partial charge in [-0.1, -0.05) is 0 Å². The van der Waals surface area contributed by atoms with Crippen LogP contribution in [0.2, 0.25) is 0 Å². The highest BCUT2D eigenvalue weighted by Gasteiger charge is 2.39. The zero-order valence-electron chi connectivity index (χ0n) is 10.9. The normalized spacial score (nSPS) is 19.5. The molecule has 1 saturated carbocycles. The monoisotopic (exact) mass is 263 g/mol. The summed E-state index contributed by atoms with van der Waals surface area (Å²) in [6.07, 6.45) is 3.56. The standard InChI is InChI=1S/C12H22ClNO3/c1-14(8-10(13)9-16-2)11(15)7-12(17-3)5-4-6-12/h10H,4-9H2,1-3H3. The van der Waals surface area contributed by atoms with Gasteiger partial charge in [-0.3, -0.25) is 4.79 Å². The van der Waals surface area contributed by atoms with E-state index >= 15 is 0 Å². The van der Waals surface area contributed by atoms with Crippen molar-refractivity contribution in [3.8, 4) is 0 Å². The molecular weight excluding hydrogens is 242 g/mol. The number of amides is 1. The van der Waals surface area contributed by atoms with Gasteiger partial charge in [0.15, 0.2) is 0 Å². The van der Waals surface area contributed by atoms with E-state index in [0.29, 0.717) is 19.6 Å². The minimum Gasteiger partial charge on any atom is -0.383 e. The average Bonchev–Trinajstić information content (AvgIpc) is 2.23. The number of methoxy groups -OCH3 is 2. The van der Waals surface area contributed by atoms with Crippen LogP contribution in [0.3, 0.4) is 0 Å². The fourth-order valence-electron chi connectivity index (χ4n) is 2.07. The van der Waals surface area contributed by atoms with Gasteiger partial charge in [-0.25, -0.2) is 0 Å². The van der Waals surface area contributed by atoms with Gasteiger partial charge >= 0.3 is 0 Å². The molecule has 1 aliphatic rings. The molecule has 0 spiro atoms. The molecule has 1 atom stereocenters. The zero-order chi connectivity index (χ0) is 12.9. The van der Waals surface area contributed by atoms with E-state index in [1.54, 1.807) is 26.2 Å². The number of nitrogens with zero attached hydrogens (tertiary/aromatic N) is 1. The molecule has 4 nitrogen and oxygen atoms in total. The van der Waals surface area contributed by atoms with Crippen molar-refractivity contribution in [1.29, 1.82) is 0 Å². The lowest BCUT2D eigenvalue weighted by molar-refractivity contribution is -0.143. The smallest absolute Gasteiger partial charge is 0.225 e. The summed E-state index contributed by atoms with van der Waals surface area (Å²) < 4.78 is 10.4. The number of ether oxygens (including phenoxy) is 2. The molecule has 1 fully saturated rings. The van der Waals surface area contributed by atoms with Gasteiger partial charge in [0.2, 0.25) is 5.91 Å². The highest BCUT2D eigenvalue weighted by atomic mass is 35.5. The second kappa shape index (κ2) is 6.57. The van der Waals surface area contributed by atoms with Gasteiger partial charge in [0.05, 0.1) is 24.0 Å². The van der Waals surface area contributed by atoms with E-state index in [-0.39, 0.29) is 16.9 Å². The maximum atomic E-state index is 12.0. The van der Waals surface area contributed by atoms with Crippen LogP contribution in [0.5, 0.6) is 0 Å². The van der Waals surface area contributed by atoms with E-state index in [9.17, 15) is 4.79 Å². The van der Waals surface area contributed by atoms with Crippen molar-refractivity contribution in [2.45, 2.75) is 36.7 Å². The Morgan fingerprint density at radius 2 is 2.12 bits per heavy atom. The maximum absolute atomic E-state index is 12.0. The van der Waals surface area contributed by atoms with E-state index < -0.39 is 0 Å². The Bertz CT molecular complexity index is 251. The Morgan fingerprint density at radius 3 is 2.53 bits per heavy atom.